The monoisotopic (exact) mass is 351 g/mol. The number of phenols is 1. The van der Waals surface area contributed by atoms with Gasteiger partial charge in [0, 0.05) is 17.7 Å². The van der Waals surface area contributed by atoms with Gasteiger partial charge in [0.2, 0.25) is 0 Å². The molecule has 5 nitrogen and oxygen atoms in total. The summed E-state index contributed by atoms with van der Waals surface area (Å²) in [5.41, 5.74) is 0.617. The molecule has 23 heavy (non-hydrogen) atoms. The fraction of sp³-hybridized carbons (Fsp3) is 0.188. The molecule has 0 heterocycles. The van der Waals surface area contributed by atoms with E-state index in [1.54, 1.807) is 19.1 Å². The Balaban J connectivity index is 2.09. The van der Waals surface area contributed by atoms with Gasteiger partial charge in [-0.1, -0.05) is 35.3 Å². The number of hydrogen-bond donors (Lipinski definition) is 1. The summed E-state index contributed by atoms with van der Waals surface area (Å²) in [5, 5.41) is 20.5. The number of fused-ring (bicyclic) bond motifs is 1. The van der Waals surface area contributed by atoms with E-state index in [0.717, 1.165) is 0 Å². The van der Waals surface area contributed by atoms with Crippen molar-refractivity contribution in [2.75, 3.05) is 0 Å². The van der Waals surface area contributed by atoms with Gasteiger partial charge in [0.05, 0.1) is 15.4 Å². The van der Waals surface area contributed by atoms with Crippen molar-refractivity contribution in [3.63, 3.8) is 0 Å². The minimum absolute atomic E-state index is 0.0392. The van der Waals surface area contributed by atoms with Crippen LogP contribution in [0.3, 0.4) is 0 Å². The Labute approximate surface area is 141 Å². The van der Waals surface area contributed by atoms with Crippen molar-refractivity contribution in [2.24, 2.45) is 0 Å². The molecule has 0 saturated carbocycles. The zero-order valence-corrected chi connectivity index (χ0v) is 13.5. The highest BCUT2D eigenvalue weighted by atomic mass is 35.5. The van der Waals surface area contributed by atoms with Crippen molar-refractivity contribution < 1.29 is 14.8 Å². The average Bonchev–Trinajstić information content (AvgIpc) is 2.77. The normalized spacial score (nSPS) is 19.7. The fourth-order valence-corrected chi connectivity index (χ4v) is 3.42. The van der Waals surface area contributed by atoms with Crippen LogP contribution >= 0.6 is 23.2 Å². The van der Waals surface area contributed by atoms with Crippen LogP contribution in [-0.4, -0.2) is 15.8 Å². The molecule has 0 bridgehead atoms. The summed E-state index contributed by atoms with van der Waals surface area (Å²) in [6.45, 7) is 1.75. The van der Waals surface area contributed by atoms with Crippen LogP contribution in [0.1, 0.15) is 28.4 Å². The Kier molecular flexibility index (Phi) is 3.58. The molecule has 1 aliphatic rings. The molecule has 0 aliphatic heterocycles. The van der Waals surface area contributed by atoms with Gasteiger partial charge in [0.25, 0.3) is 5.69 Å². The molecule has 1 unspecified atom stereocenters. The lowest BCUT2D eigenvalue weighted by Crippen LogP contribution is -2.29. The molecule has 0 spiro atoms. The molecule has 0 amide bonds. The molecule has 7 heteroatoms. The van der Waals surface area contributed by atoms with Crippen LogP contribution in [0.5, 0.6) is 5.75 Å². The van der Waals surface area contributed by atoms with E-state index in [-0.39, 0.29) is 27.3 Å². The van der Waals surface area contributed by atoms with Crippen molar-refractivity contribution in [2.45, 2.75) is 18.8 Å². The number of benzene rings is 2. The highest BCUT2D eigenvalue weighted by Gasteiger charge is 2.45. The van der Waals surface area contributed by atoms with Crippen LogP contribution in [0.4, 0.5) is 5.69 Å². The first kappa shape index (κ1) is 15.8. The standard InChI is InChI=1S/C16H11Cl2NO4/c1-16(9-2-4-10(5-3-9)19(22)23)7-8-6-11(20)13(17)14(18)12(8)15(16)21/h2-6,20H,7H2,1H3. The van der Waals surface area contributed by atoms with Crippen LogP contribution < -0.4 is 0 Å². The number of carbonyl (C=O) groups is 1. The average molecular weight is 352 g/mol. The Morgan fingerprint density at radius 1 is 1.22 bits per heavy atom. The second kappa shape index (κ2) is 5.22. The lowest BCUT2D eigenvalue weighted by molar-refractivity contribution is -0.384. The Bertz CT molecular complexity index is 848. The van der Waals surface area contributed by atoms with Gasteiger partial charge in [-0.25, -0.2) is 0 Å². The van der Waals surface area contributed by atoms with E-state index >= 15 is 0 Å². The smallest absolute Gasteiger partial charge is 0.269 e. The Morgan fingerprint density at radius 2 is 1.83 bits per heavy atom. The molecule has 2 aromatic carbocycles. The Hall–Kier alpha value is -2.11. The summed E-state index contributed by atoms with van der Waals surface area (Å²) in [4.78, 5) is 23.1. The zero-order chi connectivity index (χ0) is 16.9. The number of nitro benzene ring substituents is 1. The van der Waals surface area contributed by atoms with Crippen molar-refractivity contribution in [3.8, 4) is 5.75 Å². The zero-order valence-electron chi connectivity index (χ0n) is 12.0. The minimum Gasteiger partial charge on any atom is -0.506 e. The topological polar surface area (TPSA) is 80.4 Å². The first-order chi connectivity index (χ1) is 10.8. The third-order valence-corrected chi connectivity index (χ3v) is 5.11. The van der Waals surface area contributed by atoms with Crippen LogP contribution in [-0.2, 0) is 11.8 Å². The van der Waals surface area contributed by atoms with Crippen molar-refractivity contribution >= 4 is 34.7 Å². The fourth-order valence-electron chi connectivity index (χ4n) is 2.97. The summed E-state index contributed by atoms with van der Waals surface area (Å²) in [6.07, 6.45) is 0.337. The van der Waals surface area contributed by atoms with Gasteiger partial charge in [-0.15, -0.1) is 0 Å². The third-order valence-electron chi connectivity index (χ3n) is 4.26. The van der Waals surface area contributed by atoms with E-state index < -0.39 is 10.3 Å². The Morgan fingerprint density at radius 3 is 2.39 bits per heavy atom. The summed E-state index contributed by atoms with van der Waals surface area (Å²) in [6, 6.07) is 7.30. The molecule has 1 N–H and O–H groups in total. The predicted octanol–water partition coefficient (Wildman–Crippen LogP) is 4.30. The van der Waals surface area contributed by atoms with Gasteiger partial charge in [-0.05, 0) is 30.5 Å². The van der Waals surface area contributed by atoms with Crippen LogP contribution in [0, 0.1) is 10.1 Å². The number of phenolic OH excluding ortho intramolecular Hbond substituents is 1. The number of halogens is 2. The molecular weight excluding hydrogens is 341 g/mol. The van der Waals surface area contributed by atoms with Gasteiger partial charge in [-0.2, -0.15) is 0 Å². The number of nitrogens with zero attached hydrogens (tertiary/aromatic N) is 1. The van der Waals surface area contributed by atoms with Gasteiger partial charge in [0.15, 0.2) is 5.78 Å². The molecule has 1 atom stereocenters. The molecule has 0 saturated heterocycles. The number of rotatable bonds is 2. The molecule has 0 fully saturated rings. The number of nitro groups is 1. The van der Waals surface area contributed by atoms with Gasteiger partial charge in [-0.3, -0.25) is 14.9 Å². The van der Waals surface area contributed by atoms with Gasteiger partial charge >= 0.3 is 0 Å². The second-order valence-electron chi connectivity index (χ2n) is 5.70. The van der Waals surface area contributed by atoms with E-state index in [9.17, 15) is 20.0 Å². The first-order valence-corrected chi connectivity index (χ1v) is 7.51. The molecular formula is C16H11Cl2NO4. The second-order valence-corrected chi connectivity index (χ2v) is 6.46. The van der Waals surface area contributed by atoms with E-state index in [0.29, 0.717) is 23.1 Å². The van der Waals surface area contributed by atoms with E-state index in [2.05, 4.69) is 0 Å². The van der Waals surface area contributed by atoms with Gasteiger partial charge < -0.3 is 5.11 Å². The van der Waals surface area contributed by atoms with Crippen LogP contribution in [0.25, 0.3) is 0 Å². The number of ketones is 1. The van der Waals surface area contributed by atoms with E-state index in [1.165, 1.54) is 18.2 Å². The molecule has 0 radical (unpaired) electrons. The molecule has 0 aromatic heterocycles. The van der Waals surface area contributed by atoms with Crippen LogP contribution in [0.2, 0.25) is 10.0 Å². The number of carbonyl (C=O) groups excluding carboxylic acids is 1. The van der Waals surface area contributed by atoms with E-state index in [4.69, 9.17) is 23.2 Å². The van der Waals surface area contributed by atoms with Crippen molar-refractivity contribution in [1.82, 2.24) is 0 Å². The number of non-ortho nitro benzene ring substituents is 1. The SMILES string of the molecule is CC1(c2ccc([N+](=O)[O-])cc2)Cc2cc(O)c(Cl)c(Cl)c2C1=O. The quantitative estimate of drug-likeness (QED) is 0.645. The largest absolute Gasteiger partial charge is 0.506 e. The predicted molar refractivity (Wildman–Crippen MR) is 86.6 cm³/mol. The summed E-state index contributed by atoms with van der Waals surface area (Å²) in [7, 11) is 0. The molecule has 2 aromatic rings. The van der Waals surface area contributed by atoms with E-state index in [1.807, 2.05) is 0 Å². The lowest BCUT2D eigenvalue weighted by atomic mass is 9.79. The third kappa shape index (κ3) is 2.28. The maximum atomic E-state index is 12.9. The number of Topliss-reactive ketones (excluding diaryl/α,β-unsaturated/α-hetero) is 1. The first-order valence-electron chi connectivity index (χ1n) is 6.75. The number of aromatic hydroxyl groups is 1. The lowest BCUT2D eigenvalue weighted by Gasteiger charge is -2.22. The highest BCUT2D eigenvalue weighted by Crippen LogP contribution is 2.47. The highest BCUT2D eigenvalue weighted by molar-refractivity contribution is 6.45. The van der Waals surface area contributed by atoms with Crippen molar-refractivity contribution in [3.05, 3.63) is 67.2 Å². The summed E-state index contributed by atoms with van der Waals surface area (Å²) >= 11 is 12.0. The molecule has 1 aliphatic carbocycles. The molecule has 118 valence electrons. The molecule has 3 rings (SSSR count). The summed E-state index contributed by atoms with van der Waals surface area (Å²) in [5.74, 6) is -0.385. The van der Waals surface area contributed by atoms with Crippen molar-refractivity contribution in [1.29, 1.82) is 0 Å². The van der Waals surface area contributed by atoms with Crippen LogP contribution in [0.15, 0.2) is 30.3 Å². The maximum Gasteiger partial charge on any atom is 0.269 e. The van der Waals surface area contributed by atoms with Gasteiger partial charge in [0.1, 0.15) is 10.8 Å². The number of hydrogen-bond acceptors (Lipinski definition) is 4. The minimum atomic E-state index is -0.905. The maximum absolute atomic E-state index is 12.9. The summed E-state index contributed by atoms with van der Waals surface area (Å²) < 4.78 is 0.